The number of benzene rings is 5. The van der Waals surface area contributed by atoms with Crippen LogP contribution in [-0.4, -0.2) is 19.3 Å². The Labute approximate surface area is 269 Å². The number of nitrogens with zero attached hydrogens (tertiary/aromatic N) is 4. The molecule has 0 saturated heterocycles. The van der Waals surface area contributed by atoms with Crippen molar-refractivity contribution in [2.45, 2.75) is 0 Å². The van der Waals surface area contributed by atoms with Gasteiger partial charge in [-0.2, -0.15) is 17.2 Å². The van der Waals surface area contributed by atoms with Crippen molar-refractivity contribution >= 4 is 21.8 Å². The number of pyridine rings is 1. The van der Waals surface area contributed by atoms with Crippen LogP contribution < -0.4 is 4.74 Å². The number of fused-ring (bicyclic) bond motifs is 3. The third kappa shape index (κ3) is 5.12. The van der Waals surface area contributed by atoms with Crippen LogP contribution in [0.15, 0.2) is 146 Å². The topological polar surface area (TPSA) is 44.9 Å². The van der Waals surface area contributed by atoms with Gasteiger partial charge >= 0.3 is 21.1 Å². The van der Waals surface area contributed by atoms with Gasteiger partial charge in [0.1, 0.15) is 5.82 Å². The summed E-state index contributed by atoms with van der Waals surface area (Å²) >= 11 is 0. The van der Waals surface area contributed by atoms with Crippen LogP contribution in [0, 0.1) is 12.1 Å². The molecule has 0 fully saturated rings. The second-order valence-corrected chi connectivity index (χ2v) is 10.2. The van der Waals surface area contributed by atoms with Gasteiger partial charge in [-0.3, -0.25) is 4.68 Å². The quantitative estimate of drug-likeness (QED) is 0.160. The Morgan fingerprint density at radius 2 is 1.32 bits per heavy atom. The molecule has 44 heavy (non-hydrogen) atoms. The van der Waals surface area contributed by atoms with E-state index >= 15 is 0 Å². The number of rotatable bonds is 6. The maximum absolute atomic E-state index is 6.33. The van der Waals surface area contributed by atoms with E-state index in [1.165, 1.54) is 0 Å². The van der Waals surface area contributed by atoms with Crippen molar-refractivity contribution in [2.75, 3.05) is 0 Å². The summed E-state index contributed by atoms with van der Waals surface area (Å²) in [7, 11) is 0. The van der Waals surface area contributed by atoms with E-state index in [4.69, 9.17) is 9.72 Å². The summed E-state index contributed by atoms with van der Waals surface area (Å²) in [4.78, 5) is 4.78. The number of ether oxygens (including phenoxy) is 1. The molecule has 0 aliphatic rings. The minimum Gasteiger partial charge on any atom is -0.509 e. The van der Waals surface area contributed by atoms with Crippen LogP contribution in [0.2, 0.25) is 0 Å². The van der Waals surface area contributed by atoms with Gasteiger partial charge in [-0.05, 0) is 46.0 Å². The van der Waals surface area contributed by atoms with Crippen LogP contribution in [0.1, 0.15) is 0 Å². The smallest absolute Gasteiger partial charge is 0.509 e. The summed E-state index contributed by atoms with van der Waals surface area (Å²) in [6.45, 7) is 0. The van der Waals surface area contributed by atoms with Crippen LogP contribution in [0.4, 0.5) is 0 Å². The average Bonchev–Trinajstić information content (AvgIpc) is 3.69. The summed E-state index contributed by atoms with van der Waals surface area (Å²) in [5.41, 5.74) is 7.14. The standard InChI is InChI=1S/C38H24N4O.Pt/c1-3-10-27(11-4-1)29-20-21-39-38(22-29)42-36-17-8-7-16-34(36)35-19-18-33(24-37(35)42)43-32-15-9-14-31(23-32)41-26-30(25-40-41)28-12-5-2-6-13-28;/h1-22,25-26H;/q-2;+2. The monoisotopic (exact) mass is 747 g/mol. The number of hydrogen-bond donors (Lipinski definition) is 0. The Kier molecular flexibility index (Phi) is 7.39. The number of para-hydroxylation sites is 1. The Hall–Kier alpha value is -5.25. The van der Waals surface area contributed by atoms with Crippen molar-refractivity contribution in [3.05, 3.63) is 158 Å². The Morgan fingerprint density at radius 3 is 2.14 bits per heavy atom. The van der Waals surface area contributed by atoms with Gasteiger partial charge in [0.2, 0.25) is 0 Å². The summed E-state index contributed by atoms with van der Waals surface area (Å²) in [5, 5.41) is 6.78. The molecule has 0 saturated carbocycles. The fraction of sp³-hybridized carbons (Fsp3) is 0. The molecule has 5 nitrogen and oxygen atoms in total. The van der Waals surface area contributed by atoms with E-state index in [1.807, 2.05) is 90.0 Å². The molecule has 3 aromatic heterocycles. The van der Waals surface area contributed by atoms with E-state index < -0.39 is 0 Å². The molecule has 0 aliphatic heterocycles. The Morgan fingerprint density at radius 1 is 0.591 bits per heavy atom. The fourth-order valence-corrected chi connectivity index (χ4v) is 5.50. The molecule has 212 valence electrons. The Bertz CT molecular complexity index is 2220. The van der Waals surface area contributed by atoms with Gasteiger partial charge in [-0.15, -0.1) is 35.7 Å². The molecule has 0 N–H and O–H groups in total. The van der Waals surface area contributed by atoms with Gasteiger partial charge in [0.15, 0.2) is 0 Å². The summed E-state index contributed by atoms with van der Waals surface area (Å²) in [6, 6.07) is 49.8. The molecular weight excluding hydrogens is 724 g/mol. The van der Waals surface area contributed by atoms with Gasteiger partial charge in [0.25, 0.3) is 0 Å². The molecule has 0 atom stereocenters. The zero-order chi connectivity index (χ0) is 28.6. The van der Waals surface area contributed by atoms with Crippen molar-refractivity contribution in [3.63, 3.8) is 0 Å². The molecule has 3 heterocycles. The predicted molar refractivity (Wildman–Crippen MR) is 171 cm³/mol. The maximum atomic E-state index is 6.33. The van der Waals surface area contributed by atoms with E-state index in [2.05, 4.69) is 82.5 Å². The van der Waals surface area contributed by atoms with Gasteiger partial charge in [-0.1, -0.05) is 84.4 Å². The van der Waals surface area contributed by atoms with Gasteiger partial charge < -0.3 is 9.30 Å². The molecule has 0 bridgehead atoms. The van der Waals surface area contributed by atoms with E-state index in [9.17, 15) is 0 Å². The van der Waals surface area contributed by atoms with E-state index in [-0.39, 0.29) is 21.1 Å². The van der Waals surface area contributed by atoms with Gasteiger partial charge in [0.05, 0.1) is 6.20 Å². The number of aromatic nitrogens is 4. The van der Waals surface area contributed by atoms with Crippen LogP contribution in [0.25, 0.3) is 55.6 Å². The van der Waals surface area contributed by atoms with Gasteiger partial charge in [-0.25, -0.2) is 4.98 Å². The van der Waals surface area contributed by atoms with Crippen molar-refractivity contribution in [1.82, 2.24) is 19.3 Å². The van der Waals surface area contributed by atoms with Crippen LogP contribution >= 0.6 is 0 Å². The molecule has 6 heteroatoms. The molecular formula is C38H24N4OPt. The van der Waals surface area contributed by atoms with E-state index in [0.29, 0.717) is 11.5 Å². The fourth-order valence-electron chi connectivity index (χ4n) is 5.50. The molecule has 8 aromatic rings. The zero-order valence-corrected chi connectivity index (χ0v) is 25.6. The van der Waals surface area contributed by atoms with Crippen molar-refractivity contribution in [1.29, 1.82) is 0 Å². The largest absolute Gasteiger partial charge is 2.00 e. The van der Waals surface area contributed by atoms with Crippen molar-refractivity contribution < 1.29 is 25.8 Å². The average molecular weight is 748 g/mol. The summed E-state index contributed by atoms with van der Waals surface area (Å²) < 4.78 is 10.3. The third-order valence-electron chi connectivity index (χ3n) is 7.55. The summed E-state index contributed by atoms with van der Waals surface area (Å²) in [6.07, 6.45) is 5.72. The molecule has 0 amide bonds. The second kappa shape index (κ2) is 11.8. The second-order valence-electron chi connectivity index (χ2n) is 10.2. The molecule has 0 unspecified atom stereocenters. The predicted octanol–water partition coefficient (Wildman–Crippen LogP) is 9.09. The molecule has 0 spiro atoms. The summed E-state index contributed by atoms with van der Waals surface area (Å²) in [5.74, 6) is 1.99. The third-order valence-corrected chi connectivity index (χ3v) is 7.55. The first kappa shape index (κ1) is 27.6. The molecule has 8 rings (SSSR count). The SMILES string of the molecule is [Pt+2].[c-]1c(Oc2[c-]c3c(cc2)c2ccccc2n3-c2cc(-c3ccccc3)ccn2)cccc1-n1cc(-c2ccccc2)cn1. The molecule has 0 radical (unpaired) electrons. The van der Waals surface area contributed by atoms with Crippen LogP contribution in [0.5, 0.6) is 11.5 Å². The molecule has 5 aromatic carbocycles. The van der Waals surface area contributed by atoms with E-state index in [0.717, 1.165) is 55.6 Å². The first-order valence-electron chi connectivity index (χ1n) is 14.1. The van der Waals surface area contributed by atoms with Crippen LogP contribution in [0.3, 0.4) is 0 Å². The zero-order valence-electron chi connectivity index (χ0n) is 23.4. The minimum atomic E-state index is 0. The minimum absolute atomic E-state index is 0. The number of hydrogen-bond acceptors (Lipinski definition) is 3. The first-order chi connectivity index (χ1) is 21.3. The van der Waals surface area contributed by atoms with Crippen molar-refractivity contribution in [2.24, 2.45) is 0 Å². The van der Waals surface area contributed by atoms with Crippen LogP contribution in [-0.2, 0) is 21.1 Å². The van der Waals surface area contributed by atoms with Gasteiger partial charge in [0, 0.05) is 35.0 Å². The maximum Gasteiger partial charge on any atom is 2.00 e. The normalized spacial score (nSPS) is 11.0. The van der Waals surface area contributed by atoms with Crippen molar-refractivity contribution in [3.8, 4) is 45.3 Å². The molecule has 0 aliphatic carbocycles. The van der Waals surface area contributed by atoms with E-state index in [1.54, 1.807) is 0 Å². The Balaban J connectivity index is 0.00000312. The first-order valence-corrected chi connectivity index (χ1v) is 14.1.